The third kappa shape index (κ3) is 6.67. The fourth-order valence-corrected chi connectivity index (χ4v) is 4.92. The lowest BCUT2D eigenvalue weighted by Crippen LogP contribution is -2.28. The molecule has 0 radical (unpaired) electrons. The van der Waals surface area contributed by atoms with Gasteiger partial charge in [-0.3, -0.25) is 4.79 Å². The Kier molecular flexibility index (Phi) is 9.12. The number of amides is 1. The van der Waals surface area contributed by atoms with Crippen LogP contribution in [0.1, 0.15) is 34.5 Å². The van der Waals surface area contributed by atoms with Crippen LogP contribution in [0.15, 0.2) is 66.9 Å². The van der Waals surface area contributed by atoms with Gasteiger partial charge in [0.05, 0.1) is 31.3 Å². The van der Waals surface area contributed by atoms with Gasteiger partial charge in [0.15, 0.2) is 5.69 Å². The molecule has 0 spiro atoms. The number of rotatable bonds is 12. The van der Waals surface area contributed by atoms with Crippen LogP contribution in [0.2, 0.25) is 0 Å². The quantitative estimate of drug-likeness (QED) is 0.222. The Morgan fingerprint density at radius 3 is 2.63 bits per heavy atom. The van der Waals surface area contributed by atoms with E-state index in [9.17, 15) is 9.59 Å². The first-order chi connectivity index (χ1) is 20.1. The van der Waals surface area contributed by atoms with E-state index < -0.39 is 12.1 Å². The molecule has 10 heteroatoms. The fourth-order valence-electron chi connectivity index (χ4n) is 4.92. The van der Waals surface area contributed by atoms with Gasteiger partial charge in [0.1, 0.15) is 24.1 Å². The SMILES string of the molecule is COC(=O)c1c(NC(=O)C2CCCO2)c2cc(NCc3ccc(OCCO)cc3)cnc2n1CCc1ccccc1. The molecule has 1 aliphatic heterocycles. The lowest BCUT2D eigenvalue weighted by atomic mass is 10.1. The van der Waals surface area contributed by atoms with Crippen molar-refractivity contribution >= 4 is 34.3 Å². The first-order valence-electron chi connectivity index (χ1n) is 13.7. The predicted molar refractivity (Wildman–Crippen MR) is 155 cm³/mol. The molecule has 3 N–H and O–H groups in total. The molecule has 10 nitrogen and oxygen atoms in total. The number of pyridine rings is 1. The number of carbonyl (C=O) groups excluding carboxylic acids is 2. The summed E-state index contributed by atoms with van der Waals surface area (Å²) in [4.78, 5) is 31.0. The maximum absolute atomic E-state index is 13.1. The van der Waals surface area contributed by atoms with Crippen LogP contribution in [-0.2, 0) is 33.8 Å². The number of hydrogen-bond acceptors (Lipinski definition) is 8. The lowest BCUT2D eigenvalue weighted by molar-refractivity contribution is -0.124. The Morgan fingerprint density at radius 2 is 1.93 bits per heavy atom. The van der Waals surface area contributed by atoms with Gasteiger partial charge < -0.3 is 34.5 Å². The van der Waals surface area contributed by atoms with E-state index >= 15 is 0 Å². The normalized spacial score (nSPS) is 14.6. The van der Waals surface area contributed by atoms with Gasteiger partial charge >= 0.3 is 5.97 Å². The topological polar surface area (TPSA) is 124 Å². The maximum Gasteiger partial charge on any atom is 0.356 e. The number of aryl methyl sites for hydroxylation is 2. The number of fused-ring (bicyclic) bond motifs is 1. The van der Waals surface area contributed by atoms with E-state index in [1.54, 1.807) is 6.20 Å². The monoisotopic (exact) mass is 558 g/mol. The van der Waals surface area contributed by atoms with Crippen LogP contribution in [-0.4, -0.2) is 59.6 Å². The van der Waals surface area contributed by atoms with Crippen molar-refractivity contribution in [2.45, 2.75) is 38.5 Å². The van der Waals surface area contributed by atoms with Crippen LogP contribution in [0.4, 0.5) is 11.4 Å². The van der Waals surface area contributed by atoms with E-state index in [-0.39, 0.29) is 24.8 Å². The van der Waals surface area contributed by atoms with Crippen molar-refractivity contribution in [1.29, 1.82) is 0 Å². The van der Waals surface area contributed by atoms with Gasteiger partial charge in [-0.25, -0.2) is 9.78 Å². The zero-order chi connectivity index (χ0) is 28.6. The standard InChI is InChI=1S/C31H34N4O6/c1-39-31(38)28-27(34-30(37)26-8-5-16-41-26)25-18-23(32-19-22-9-11-24(12-10-22)40-17-15-36)20-33-29(25)35(28)14-13-21-6-3-2-4-7-21/h2-4,6-7,9-12,18,20,26,32,36H,5,8,13-17,19H2,1H3,(H,34,37). The van der Waals surface area contributed by atoms with E-state index in [4.69, 9.17) is 24.3 Å². The predicted octanol–water partition coefficient (Wildman–Crippen LogP) is 4.17. The summed E-state index contributed by atoms with van der Waals surface area (Å²) in [5, 5.41) is 15.9. The smallest absolute Gasteiger partial charge is 0.356 e. The summed E-state index contributed by atoms with van der Waals surface area (Å²) >= 11 is 0. The Labute approximate surface area is 238 Å². The molecule has 3 heterocycles. The highest BCUT2D eigenvalue weighted by Crippen LogP contribution is 2.34. The van der Waals surface area contributed by atoms with Crippen LogP contribution < -0.4 is 15.4 Å². The summed E-state index contributed by atoms with van der Waals surface area (Å²) in [6.45, 7) is 1.72. The zero-order valence-electron chi connectivity index (χ0n) is 23.0. The molecule has 0 bridgehead atoms. The number of nitrogens with one attached hydrogen (secondary N) is 2. The minimum Gasteiger partial charge on any atom is -0.491 e. The second-order valence-corrected chi connectivity index (χ2v) is 9.76. The number of hydrogen-bond donors (Lipinski definition) is 3. The number of carbonyl (C=O) groups is 2. The van der Waals surface area contributed by atoms with Gasteiger partial charge in [-0.2, -0.15) is 0 Å². The van der Waals surface area contributed by atoms with E-state index in [1.807, 2.05) is 65.2 Å². The second-order valence-electron chi connectivity index (χ2n) is 9.76. The molecule has 1 fully saturated rings. The third-order valence-electron chi connectivity index (χ3n) is 6.99. The maximum atomic E-state index is 13.1. The molecular formula is C31H34N4O6. The average molecular weight is 559 g/mol. The molecule has 0 aliphatic carbocycles. The Bertz CT molecular complexity index is 1480. The summed E-state index contributed by atoms with van der Waals surface area (Å²) in [5.41, 5.74) is 4.03. The number of benzene rings is 2. The number of ether oxygens (including phenoxy) is 3. The van der Waals surface area contributed by atoms with Crippen molar-refractivity contribution in [3.8, 4) is 5.75 Å². The molecule has 1 unspecified atom stereocenters. The first kappa shape index (κ1) is 28.1. The fraction of sp³-hybridized carbons (Fsp3) is 0.323. The van der Waals surface area contributed by atoms with E-state index in [0.717, 1.165) is 23.2 Å². The van der Waals surface area contributed by atoms with E-state index in [0.29, 0.717) is 55.0 Å². The molecule has 214 valence electrons. The van der Waals surface area contributed by atoms with Gasteiger partial charge in [-0.1, -0.05) is 42.5 Å². The summed E-state index contributed by atoms with van der Waals surface area (Å²) in [7, 11) is 1.33. The summed E-state index contributed by atoms with van der Waals surface area (Å²) < 4.78 is 18.0. The molecular weight excluding hydrogens is 524 g/mol. The van der Waals surface area contributed by atoms with Crippen LogP contribution in [0.3, 0.4) is 0 Å². The van der Waals surface area contributed by atoms with Crippen molar-refractivity contribution < 1.29 is 28.9 Å². The highest BCUT2D eigenvalue weighted by Gasteiger charge is 2.30. The van der Waals surface area contributed by atoms with Gasteiger partial charge in [0.2, 0.25) is 0 Å². The minimum atomic E-state index is -0.568. The summed E-state index contributed by atoms with van der Waals surface area (Å²) in [6.07, 6.45) is 3.24. The van der Waals surface area contributed by atoms with Crippen molar-refractivity contribution in [2.75, 3.05) is 37.6 Å². The van der Waals surface area contributed by atoms with Crippen molar-refractivity contribution in [3.05, 3.63) is 83.7 Å². The van der Waals surface area contributed by atoms with Crippen molar-refractivity contribution in [3.63, 3.8) is 0 Å². The largest absolute Gasteiger partial charge is 0.491 e. The van der Waals surface area contributed by atoms with Crippen molar-refractivity contribution in [1.82, 2.24) is 9.55 Å². The van der Waals surface area contributed by atoms with Crippen LogP contribution in [0.25, 0.3) is 11.0 Å². The number of aliphatic hydroxyl groups is 1. The molecule has 5 rings (SSSR count). The van der Waals surface area contributed by atoms with Crippen LogP contribution >= 0.6 is 0 Å². The van der Waals surface area contributed by atoms with E-state index in [2.05, 4.69) is 10.6 Å². The molecule has 2 aromatic heterocycles. The molecule has 1 atom stereocenters. The number of anilines is 2. The lowest BCUT2D eigenvalue weighted by Gasteiger charge is -2.13. The highest BCUT2D eigenvalue weighted by atomic mass is 16.5. The molecule has 1 aliphatic rings. The van der Waals surface area contributed by atoms with Crippen molar-refractivity contribution in [2.24, 2.45) is 0 Å². The Morgan fingerprint density at radius 1 is 1.12 bits per heavy atom. The van der Waals surface area contributed by atoms with Gasteiger partial charge in [-0.05, 0) is 48.6 Å². The number of aliphatic hydroxyl groups excluding tert-OH is 1. The average Bonchev–Trinajstić information content (AvgIpc) is 3.66. The molecule has 4 aromatic rings. The molecule has 1 amide bonds. The molecule has 1 saturated heterocycles. The number of aromatic nitrogens is 2. The highest BCUT2D eigenvalue weighted by molar-refractivity contribution is 6.12. The second kappa shape index (κ2) is 13.3. The zero-order valence-corrected chi connectivity index (χ0v) is 23.0. The third-order valence-corrected chi connectivity index (χ3v) is 6.99. The van der Waals surface area contributed by atoms with Gasteiger partial charge in [0.25, 0.3) is 5.91 Å². The van der Waals surface area contributed by atoms with Gasteiger partial charge in [0, 0.05) is 25.1 Å². The molecule has 0 saturated carbocycles. The minimum absolute atomic E-state index is 0.0411. The molecule has 2 aromatic carbocycles. The summed E-state index contributed by atoms with van der Waals surface area (Å²) in [5.74, 6) is -0.168. The van der Waals surface area contributed by atoms with E-state index in [1.165, 1.54) is 7.11 Å². The van der Waals surface area contributed by atoms with Crippen LogP contribution in [0.5, 0.6) is 5.75 Å². The Balaban J connectivity index is 1.47. The number of methoxy groups -OCH3 is 1. The van der Waals surface area contributed by atoms with Gasteiger partial charge in [-0.15, -0.1) is 0 Å². The molecule has 41 heavy (non-hydrogen) atoms. The van der Waals surface area contributed by atoms with Crippen LogP contribution in [0, 0.1) is 0 Å². The summed E-state index contributed by atoms with van der Waals surface area (Å²) in [6, 6.07) is 19.4. The number of nitrogens with zero attached hydrogens (tertiary/aromatic N) is 2. The Hall–Kier alpha value is -4.41. The first-order valence-corrected chi connectivity index (χ1v) is 13.7. The number of esters is 1.